The number of nitrogens with one attached hydrogen (secondary N) is 1. The smallest absolute Gasteiger partial charge is 0.245 e. The summed E-state index contributed by atoms with van der Waals surface area (Å²) in [5.41, 5.74) is 0.367. The molecule has 1 heterocycles. The monoisotopic (exact) mass is 274 g/mol. The summed E-state index contributed by atoms with van der Waals surface area (Å²) in [4.78, 5) is 0.126. The predicted octanol–water partition coefficient (Wildman–Crippen LogP) is 0.731. The van der Waals surface area contributed by atoms with Gasteiger partial charge in [0.1, 0.15) is 10.6 Å². The second kappa shape index (κ2) is 4.99. The van der Waals surface area contributed by atoms with Gasteiger partial charge in [0.2, 0.25) is 10.0 Å². The molecular formula is C11H18N2O4S. The fourth-order valence-electron chi connectivity index (χ4n) is 2.39. The van der Waals surface area contributed by atoms with Gasteiger partial charge in [-0.1, -0.05) is 5.16 Å². The Morgan fingerprint density at radius 1 is 1.44 bits per heavy atom. The summed E-state index contributed by atoms with van der Waals surface area (Å²) in [5, 5.41) is 13.0. The molecule has 0 bridgehead atoms. The Balaban J connectivity index is 2.04. The van der Waals surface area contributed by atoms with Crippen LogP contribution in [-0.2, 0) is 10.0 Å². The highest BCUT2D eigenvalue weighted by Crippen LogP contribution is 2.25. The van der Waals surface area contributed by atoms with Crippen molar-refractivity contribution >= 4 is 10.0 Å². The summed E-state index contributed by atoms with van der Waals surface area (Å²) in [6, 6.07) is 0. The molecule has 2 N–H and O–H groups in total. The molecule has 1 aromatic heterocycles. The molecule has 102 valence electrons. The minimum absolute atomic E-state index is 0.126. The first-order chi connectivity index (χ1) is 8.40. The Kier molecular flexibility index (Phi) is 3.74. The average molecular weight is 274 g/mol. The highest BCUT2D eigenvalue weighted by Gasteiger charge is 2.27. The van der Waals surface area contributed by atoms with E-state index in [2.05, 4.69) is 9.88 Å². The highest BCUT2D eigenvalue weighted by atomic mass is 32.2. The average Bonchev–Trinajstić information content (AvgIpc) is 2.83. The van der Waals surface area contributed by atoms with Gasteiger partial charge in [-0.15, -0.1) is 0 Å². The number of hydrogen-bond acceptors (Lipinski definition) is 5. The molecule has 18 heavy (non-hydrogen) atoms. The van der Waals surface area contributed by atoms with Gasteiger partial charge in [-0.05, 0) is 39.0 Å². The molecule has 6 nitrogen and oxygen atoms in total. The van der Waals surface area contributed by atoms with Crippen molar-refractivity contribution in [1.82, 2.24) is 9.88 Å². The number of sulfonamides is 1. The Bertz CT molecular complexity index is 504. The molecule has 1 aliphatic rings. The zero-order chi connectivity index (χ0) is 13.3. The van der Waals surface area contributed by atoms with Gasteiger partial charge in [0, 0.05) is 6.54 Å². The maximum Gasteiger partial charge on any atom is 0.245 e. The van der Waals surface area contributed by atoms with Crippen LogP contribution in [0.3, 0.4) is 0 Å². The van der Waals surface area contributed by atoms with E-state index in [4.69, 9.17) is 4.52 Å². The van der Waals surface area contributed by atoms with E-state index in [1.54, 1.807) is 13.8 Å². The maximum atomic E-state index is 12.1. The van der Waals surface area contributed by atoms with Gasteiger partial charge >= 0.3 is 0 Å². The van der Waals surface area contributed by atoms with Gasteiger partial charge in [0.15, 0.2) is 5.76 Å². The molecule has 2 unspecified atom stereocenters. The summed E-state index contributed by atoms with van der Waals surface area (Å²) in [5.74, 6) is 0.502. The summed E-state index contributed by atoms with van der Waals surface area (Å²) < 4.78 is 31.6. The molecule has 0 amide bonds. The van der Waals surface area contributed by atoms with E-state index in [1.165, 1.54) is 0 Å². The zero-order valence-corrected chi connectivity index (χ0v) is 11.3. The molecule has 0 aliphatic heterocycles. The van der Waals surface area contributed by atoms with Gasteiger partial charge in [-0.25, -0.2) is 13.1 Å². The molecule has 1 fully saturated rings. The van der Waals surface area contributed by atoms with Crippen molar-refractivity contribution in [3.8, 4) is 0 Å². The molecule has 1 aromatic rings. The fraction of sp³-hybridized carbons (Fsp3) is 0.727. The maximum absolute atomic E-state index is 12.1. The lowest BCUT2D eigenvalue weighted by molar-refractivity contribution is 0.178. The highest BCUT2D eigenvalue weighted by molar-refractivity contribution is 7.89. The van der Waals surface area contributed by atoms with Crippen LogP contribution < -0.4 is 4.72 Å². The van der Waals surface area contributed by atoms with E-state index in [-0.39, 0.29) is 16.9 Å². The quantitative estimate of drug-likeness (QED) is 0.844. The van der Waals surface area contributed by atoms with Gasteiger partial charge in [0.25, 0.3) is 0 Å². The number of nitrogens with zero attached hydrogens (tertiary/aromatic N) is 1. The number of hydrogen-bond donors (Lipinski definition) is 2. The van der Waals surface area contributed by atoms with E-state index in [1.807, 2.05) is 0 Å². The standard InChI is InChI=1S/C11H18N2O4S/c1-7-11(8(2)17-13-7)18(15,16)12-6-9-3-4-10(14)5-9/h9-10,12,14H,3-6H2,1-2H3. The van der Waals surface area contributed by atoms with Crippen LogP contribution >= 0.6 is 0 Å². The van der Waals surface area contributed by atoms with E-state index in [0.717, 1.165) is 12.8 Å². The van der Waals surface area contributed by atoms with Crippen molar-refractivity contribution in [2.24, 2.45) is 5.92 Å². The Labute approximate surface area is 106 Å². The van der Waals surface area contributed by atoms with Crippen molar-refractivity contribution in [2.45, 2.75) is 44.1 Å². The predicted molar refractivity (Wildman–Crippen MR) is 64.5 cm³/mol. The second-order valence-corrected chi connectivity index (χ2v) is 6.54. The number of aryl methyl sites for hydroxylation is 2. The molecule has 0 aromatic carbocycles. The summed E-state index contributed by atoms with van der Waals surface area (Å²) in [6.07, 6.45) is 1.96. The van der Waals surface area contributed by atoms with Crippen LogP contribution in [0.4, 0.5) is 0 Å². The van der Waals surface area contributed by atoms with E-state index in [0.29, 0.717) is 24.4 Å². The van der Waals surface area contributed by atoms with Crippen LogP contribution in [0.25, 0.3) is 0 Å². The van der Waals surface area contributed by atoms with Crippen molar-refractivity contribution in [3.05, 3.63) is 11.5 Å². The Morgan fingerprint density at radius 3 is 2.67 bits per heavy atom. The first kappa shape index (κ1) is 13.5. The first-order valence-electron chi connectivity index (χ1n) is 6.00. The SMILES string of the molecule is Cc1noc(C)c1S(=O)(=O)NCC1CCC(O)C1. The van der Waals surface area contributed by atoms with Crippen LogP contribution in [0.2, 0.25) is 0 Å². The van der Waals surface area contributed by atoms with E-state index in [9.17, 15) is 13.5 Å². The number of aromatic nitrogens is 1. The third-order valence-corrected chi connectivity index (χ3v) is 4.98. The normalized spacial score (nSPS) is 24.6. The molecule has 0 saturated heterocycles. The van der Waals surface area contributed by atoms with Crippen LogP contribution in [0.5, 0.6) is 0 Å². The lowest BCUT2D eigenvalue weighted by atomic mass is 10.1. The Morgan fingerprint density at radius 2 is 2.17 bits per heavy atom. The molecule has 1 saturated carbocycles. The molecule has 1 aliphatic carbocycles. The van der Waals surface area contributed by atoms with Crippen LogP contribution in [0.15, 0.2) is 9.42 Å². The van der Waals surface area contributed by atoms with Crippen molar-refractivity contribution in [2.75, 3.05) is 6.54 Å². The largest absolute Gasteiger partial charge is 0.393 e. The molecule has 2 atom stereocenters. The first-order valence-corrected chi connectivity index (χ1v) is 7.49. The van der Waals surface area contributed by atoms with Crippen molar-refractivity contribution < 1.29 is 18.0 Å². The number of aliphatic hydroxyl groups excluding tert-OH is 1. The van der Waals surface area contributed by atoms with Crippen molar-refractivity contribution in [1.29, 1.82) is 0 Å². The summed E-state index contributed by atoms with van der Waals surface area (Å²) >= 11 is 0. The summed E-state index contributed by atoms with van der Waals surface area (Å²) in [6.45, 7) is 3.53. The van der Waals surface area contributed by atoms with Gasteiger partial charge in [0.05, 0.1) is 6.10 Å². The molecular weight excluding hydrogens is 256 g/mol. The Hall–Kier alpha value is -0.920. The minimum Gasteiger partial charge on any atom is -0.393 e. The van der Waals surface area contributed by atoms with Crippen LogP contribution in [-0.4, -0.2) is 31.3 Å². The van der Waals surface area contributed by atoms with E-state index < -0.39 is 10.0 Å². The minimum atomic E-state index is -3.57. The fourth-order valence-corrected chi connectivity index (χ4v) is 3.83. The van der Waals surface area contributed by atoms with Crippen LogP contribution in [0, 0.1) is 19.8 Å². The summed E-state index contributed by atoms with van der Waals surface area (Å²) in [7, 11) is -3.57. The third-order valence-electron chi connectivity index (χ3n) is 3.31. The van der Waals surface area contributed by atoms with Crippen molar-refractivity contribution in [3.63, 3.8) is 0 Å². The number of aliphatic hydroxyl groups is 1. The lowest BCUT2D eigenvalue weighted by Gasteiger charge is -2.11. The third kappa shape index (κ3) is 2.73. The number of rotatable bonds is 4. The van der Waals surface area contributed by atoms with Gasteiger partial charge < -0.3 is 9.63 Å². The van der Waals surface area contributed by atoms with Crippen LogP contribution in [0.1, 0.15) is 30.7 Å². The topological polar surface area (TPSA) is 92.4 Å². The molecule has 7 heteroatoms. The lowest BCUT2D eigenvalue weighted by Crippen LogP contribution is -2.29. The van der Waals surface area contributed by atoms with Gasteiger partial charge in [-0.2, -0.15) is 0 Å². The zero-order valence-electron chi connectivity index (χ0n) is 10.5. The molecule has 0 spiro atoms. The second-order valence-electron chi connectivity index (χ2n) is 4.84. The van der Waals surface area contributed by atoms with Gasteiger partial charge in [-0.3, -0.25) is 0 Å². The van der Waals surface area contributed by atoms with E-state index >= 15 is 0 Å². The molecule has 0 radical (unpaired) electrons. The molecule has 2 rings (SSSR count).